The highest BCUT2D eigenvalue weighted by atomic mass is 16.7. The van der Waals surface area contributed by atoms with E-state index in [1.54, 1.807) is 0 Å². The minimum absolute atomic E-state index is 0.0652. The maximum atomic E-state index is 12.0. The summed E-state index contributed by atoms with van der Waals surface area (Å²) in [6.07, 6.45) is 1.75. The molecule has 2 N–H and O–H groups in total. The van der Waals surface area contributed by atoms with Crippen molar-refractivity contribution in [3.63, 3.8) is 0 Å². The topological polar surface area (TPSA) is 52.0 Å². The van der Waals surface area contributed by atoms with Crippen LogP contribution in [0.3, 0.4) is 0 Å². The van der Waals surface area contributed by atoms with Crippen LogP contribution in [-0.4, -0.2) is 44.5 Å². The van der Waals surface area contributed by atoms with Crippen molar-refractivity contribution in [2.24, 2.45) is 0 Å². The molecule has 2 saturated heterocycles. The van der Waals surface area contributed by atoms with E-state index in [0.29, 0.717) is 19.8 Å². The molecule has 1 aromatic rings. The van der Waals surface area contributed by atoms with Crippen LogP contribution in [0.15, 0.2) is 30.3 Å². The highest BCUT2D eigenvalue weighted by Gasteiger charge is 2.41. The predicted octanol–water partition coefficient (Wildman–Crippen LogP) is 0.0469. The molecule has 3 rings (SSSR count). The van der Waals surface area contributed by atoms with E-state index in [9.17, 15) is 4.79 Å². The van der Waals surface area contributed by atoms with E-state index >= 15 is 0 Å². The van der Waals surface area contributed by atoms with Crippen molar-refractivity contribution in [2.75, 3.05) is 38.2 Å². The highest BCUT2D eigenvalue weighted by molar-refractivity contribution is 5.91. The Morgan fingerprint density at radius 1 is 1.15 bits per heavy atom. The third-order valence-corrected chi connectivity index (χ3v) is 4.00. The van der Waals surface area contributed by atoms with Gasteiger partial charge in [-0.2, -0.15) is 0 Å². The van der Waals surface area contributed by atoms with E-state index in [4.69, 9.17) is 9.47 Å². The molecule has 5 heteroatoms. The fourth-order valence-electron chi connectivity index (χ4n) is 2.90. The number of hydrogen-bond acceptors (Lipinski definition) is 3. The lowest BCUT2D eigenvalue weighted by atomic mass is 10.0. The molecule has 0 aliphatic carbocycles. The summed E-state index contributed by atoms with van der Waals surface area (Å²) in [4.78, 5) is 13.3. The van der Waals surface area contributed by atoms with E-state index in [2.05, 4.69) is 5.32 Å². The van der Waals surface area contributed by atoms with Crippen molar-refractivity contribution in [2.45, 2.75) is 18.6 Å². The molecule has 0 radical (unpaired) electrons. The first kappa shape index (κ1) is 13.5. The monoisotopic (exact) mass is 277 g/mol. The van der Waals surface area contributed by atoms with Gasteiger partial charge in [-0.05, 0) is 12.1 Å². The standard InChI is InChI=1S/C15H20N2O3/c18-14(16-13-4-2-1-3-5-13)12-17-8-6-15(7-9-17)19-10-11-20-15/h1-5H,6-12H2,(H,16,18)/p+1. The zero-order valence-electron chi connectivity index (χ0n) is 11.6. The van der Waals surface area contributed by atoms with Gasteiger partial charge in [-0.15, -0.1) is 0 Å². The molecule has 0 bridgehead atoms. The SMILES string of the molecule is O=C(C[NH+]1CCC2(CC1)OCCO2)Nc1ccccc1. The van der Waals surface area contributed by atoms with E-state index < -0.39 is 0 Å². The molecule has 0 saturated carbocycles. The fraction of sp³-hybridized carbons (Fsp3) is 0.533. The lowest BCUT2D eigenvalue weighted by molar-refractivity contribution is -0.900. The number of ether oxygens (including phenoxy) is 2. The number of hydrogen-bond donors (Lipinski definition) is 2. The van der Waals surface area contributed by atoms with Gasteiger partial charge in [0.15, 0.2) is 12.3 Å². The Hall–Kier alpha value is -1.43. The molecule has 2 aliphatic rings. The van der Waals surface area contributed by atoms with Gasteiger partial charge in [-0.3, -0.25) is 4.79 Å². The summed E-state index contributed by atoms with van der Waals surface area (Å²) in [6, 6.07) is 9.58. The lowest BCUT2D eigenvalue weighted by Crippen LogP contribution is -3.14. The second kappa shape index (κ2) is 5.91. The third-order valence-electron chi connectivity index (χ3n) is 4.00. The van der Waals surface area contributed by atoms with E-state index in [1.165, 1.54) is 4.90 Å². The number of benzene rings is 1. The van der Waals surface area contributed by atoms with Gasteiger partial charge in [-0.25, -0.2) is 0 Å². The average Bonchev–Trinajstić information content (AvgIpc) is 2.91. The summed E-state index contributed by atoms with van der Waals surface area (Å²) in [7, 11) is 0. The average molecular weight is 277 g/mol. The number of carbonyl (C=O) groups is 1. The summed E-state index contributed by atoms with van der Waals surface area (Å²) >= 11 is 0. The van der Waals surface area contributed by atoms with Gasteiger partial charge in [0.05, 0.1) is 39.1 Å². The van der Waals surface area contributed by atoms with Gasteiger partial charge in [-0.1, -0.05) is 18.2 Å². The van der Waals surface area contributed by atoms with Crippen molar-refractivity contribution < 1.29 is 19.2 Å². The smallest absolute Gasteiger partial charge is 0.279 e. The van der Waals surface area contributed by atoms with Gasteiger partial charge in [0.2, 0.25) is 0 Å². The van der Waals surface area contributed by atoms with Gasteiger partial charge < -0.3 is 19.7 Å². The summed E-state index contributed by atoms with van der Waals surface area (Å²) in [5.41, 5.74) is 0.854. The zero-order valence-corrected chi connectivity index (χ0v) is 11.6. The summed E-state index contributed by atoms with van der Waals surface area (Å²) in [6.45, 7) is 3.74. The highest BCUT2D eigenvalue weighted by Crippen LogP contribution is 2.27. The van der Waals surface area contributed by atoms with Crippen molar-refractivity contribution in [1.82, 2.24) is 0 Å². The summed E-state index contributed by atoms with van der Waals surface area (Å²) < 4.78 is 11.4. The van der Waals surface area contributed by atoms with Crippen LogP contribution in [-0.2, 0) is 14.3 Å². The number of anilines is 1. The predicted molar refractivity (Wildman–Crippen MR) is 74.5 cm³/mol. The molecule has 2 aliphatic heterocycles. The van der Waals surface area contributed by atoms with Gasteiger partial charge in [0.1, 0.15) is 0 Å². The molecule has 2 heterocycles. The molecule has 1 spiro atoms. The third kappa shape index (κ3) is 3.17. The number of piperidine rings is 1. The normalized spacial score (nSPS) is 22.0. The zero-order chi connectivity index (χ0) is 13.8. The van der Waals surface area contributed by atoms with Crippen LogP contribution in [0.25, 0.3) is 0 Å². The Labute approximate surface area is 118 Å². The molecule has 20 heavy (non-hydrogen) atoms. The molecule has 1 aromatic carbocycles. The maximum absolute atomic E-state index is 12.0. The van der Waals surface area contributed by atoms with Crippen LogP contribution in [0.2, 0.25) is 0 Å². The van der Waals surface area contributed by atoms with Crippen molar-refractivity contribution in [3.8, 4) is 0 Å². The van der Waals surface area contributed by atoms with Gasteiger partial charge >= 0.3 is 0 Å². The Morgan fingerprint density at radius 3 is 2.45 bits per heavy atom. The van der Waals surface area contributed by atoms with Gasteiger partial charge in [0.25, 0.3) is 5.91 Å². The summed E-state index contributed by atoms with van der Waals surface area (Å²) in [5.74, 6) is -0.283. The van der Waals surface area contributed by atoms with Crippen LogP contribution in [0.5, 0.6) is 0 Å². The molecule has 108 valence electrons. The van der Waals surface area contributed by atoms with E-state index in [0.717, 1.165) is 31.6 Å². The van der Waals surface area contributed by atoms with Crippen molar-refractivity contribution in [1.29, 1.82) is 0 Å². The minimum atomic E-state index is -0.348. The fourth-order valence-corrected chi connectivity index (χ4v) is 2.90. The molecule has 0 unspecified atom stereocenters. The molecule has 0 aromatic heterocycles. The Kier molecular flexibility index (Phi) is 4.00. The summed E-state index contributed by atoms with van der Waals surface area (Å²) in [5, 5.41) is 2.93. The molecule has 5 nitrogen and oxygen atoms in total. The quantitative estimate of drug-likeness (QED) is 0.821. The number of likely N-dealkylation sites (tertiary alicyclic amines) is 1. The Balaban J connectivity index is 1.46. The molecule has 0 atom stereocenters. The number of carbonyl (C=O) groups excluding carboxylic acids is 1. The lowest BCUT2D eigenvalue weighted by Gasteiger charge is -2.34. The van der Waals surface area contributed by atoms with Gasteiger partial charge in [0, 0.05) is 5.69 Å². The van der Waals surface area contributed by atoms with Crippen molar-refractivity contribution >= 4 is 11.6 Å². The number of rotatable bonds is 3. The van der Waals surface area contributed by atoms with Crippen molar-refractivity contribution in [3.05, 3.63) is 30.3 Å². The Morgan fingerprint density at radius 2 is 1.80 bits per heavy atom. The number of nitrogens with one attached hydrogen (secondary N) is 2. The first-order valence-electron chi connectivity index (χ1n) is 7.22. The van der Waals surface area contributed by atoms with Crippen LogP contribution in [0, 0.1) is 0 Å². The number of para-hydroxylation sites is 1. The van der Waals surface area contributed by atoms with Crippen LogP contribution in [0.4, 0.5) is 5.69 Å². The first-order valence-corrected chi connectivity index (χ1v) is 7.22. The molecule has 2 fully saturated rings. The van der Waals surface area contributed by atoms with E-state index in [1.807, 2.05) is 30.3 Å². The second-order valence-corrected chi connectivity index (χ2v) is 5.45. The number of amides is 1. The second-order valence-electron chi connectivity index (χ2n) is 5.45. The largest absolute Gasteiger partial charge is 0.347 e. The van der Waals surface area contributed by atoms with E-state index in [-0.39, 0.29) is 11.7 Å². The van der Waals surface area contributed by atoms with Crippen LogP contribution < -0.4 is 10.2 Å². The molecule has 1 amide bonds. The minimum Gasteiger partial charge on any atom is -0.347 e. The molecular formula is C15H21N2O3+. The molecular weight excluding hydrogens is 256 g/mol. The van der Waals surface area contributed by atoms with Crippen LogP contribution in [0.1, 0.15) is 12.8 Å². The Bertz CT molecular complexity index is 447. The maximum Gasteiger partial charge on any atom is 0.279 e. The van der Waals surface area contributed by atoms with Crippen LogP contribution >= 0.6 is 0 Å². The number of quaternary nitrogens is 1. The first-order chi connectivity index (χ1) is 9.76.